The molecule has 0 aromatic heterocycles. The van der Waals surface area contributed by atoms with E-state index in [0.29, 0.717) is 13.1 Å². The predicted molar refractivity (Wildman–Crippen MR) is 74.6 cm³/mol. The second-order valence-corrected chi connectivity index (χ2v) is 6.82. The molecule has 0 saturated carbocycles. The van der Waals surface area contributed by atoms with Gasteiger partial charge in [-0.2, -0.15) is 0 Å². The average molecular weight is 306 g/mol. The van der Waals surface area contributed by atoms with E-state index in [1.807, 2.05) is 4.90 Å². The third-order valence-electron chi connectivity index (χ3n) is 3.08. The predicted octanol–water partition coefficient (Wildman–Crippen LogP) is -1.30. The lowest BCUT2D eigenvalue weighted by molar-refractivity contribution is -0.121. The van der Waals surface area contributed by atoms with Gasteiger partial charge < -0.3 is 5.32 Å². The number of likely N-dealkylation sites (tertiary alicyclic amines) is 1. The molecule has 3 N–H and O–H groups in total. The SMILES string of the molecule is CNC(=O)NC(=O)CN1CCCC(CNS(C)(=O)=O)C1. The van der Waals surface area contributed by atoms with Crippen LogP contribution in [0.1, 0.15) is 12.8 Å². The van der Waals surface area contributed by atoms with Crippen LogP contribution < -0.4 is 15.4 Å². The van der Waals surface area contributed by atoms with E-state index in [0.717, 1.165) is 25.6 Å². The molecule has 0 radical (unpaired) electrons. The number of nitrogens with zero attached hydrogens (tertiary/aromatic N) is 1. The number of hydrogen-bond acceptors (Lipinski definition) is 5. The highest BCUT2D eigenvalue weighted by molar-refractivity contribution is 7.88. The molecule has 3 amide bonds. The number of carbonyl (C=O) groups is 2. The summed E-state index contributed by atoms with van der Waals surface area (Å²) in [6.45, 7) is 1.94. The third kappa shape index (κ3) is 6.83. The lowest BCUT2D eigenvalue weighted by Gasteiger charge is -2.32. The van der Waals surface area contributed by atoms with Gasteiger partial charge in [0, 0.05) is 20.1 Å². The molecular formula is C11H22N4O4S. The van der Waals surface area contributed by atoms with Gasteiger partial charge in [0.1, 0.15) is 0 Å². The van der Waals surface area contributed by atoms with E-state index >= 15 is 0 Å². The second-order valence-electron chi connectivity index (χ2n) is 4.99. The minimum absolute atomic E-state index is 0.142. The number of rotatable bonds is 5. The third-order valence-corrected chi connectivity index (χ3v) is 3.78. The number of piperidine rings is 1. The molecule has 1 unspecified atom stereocenters. The van der Waals surface area contributed by atoms with E-state index in [2.05, 4.69) is 15.4 Å². The quantitative estimate of drug-likeness (QED) is 0.585. The zero-order valence-electron chi connectivity index (χ0n) is 11.8. The Morgan fingerprint density at radius 2 is 2.05 bits per heavy atom. The second kappa shape index (κ2) is 7.55. The molecule has 0 aromatic carbocycles. The fourth-order valence-corrected chi connectivity index (χ4v) is 2.70. The molecule has 116 valence electrons. The minimum atomic E-state index is -3.18. The van der Waals surface area contributed by atoms with Gasteiger partial charge >= 0.3 is 6.03 Å². The van der Waals surface area contributed by atoms with Crippen LogP contribution in [0.3, 0.4) is 0 Å². The van der Waals surface area contributed by atoms with Crippen molar-refractivity contribution in [3.05, 3.63) is 0 Å². The molecule has 0 aliphatic carbocycles. The van der Waals surface area contributed by atoms with Crippen molar-refractivity contribution in [2.75, 3.05) is 39.5 Å². The molecule has 1 aliphatic heterocycles. The normalized spacial score (nSPS) is 20.4. The van der Waals surface area contributed by atoms with Gasteiger partial charge in [-0.25, -0.2) is 17.9 Å². The molecule has 1 fully saturated rings. The standard InChI is InChI=1S/C11H22N4O4S/c1-12-11(17)14-10(16)8-15-5-3-4-9(7-15)6-13-20(2,18)19/h9,13H,3-8H2,1-2H3,(H2,12,14,16,17). The van der Waals surface area contributed by atoms with Crippen LogP contribution in [0, 0.1) is 5.92 Å². The fraction of sp³-hybridized carbons (Fsp3) is 0.818. The lowest BCUT2D eigenvalue weighted by Crippen LogP contribution is -2.47. The summed E-state index contributed by atoms with van der Waals surface area (Å²) in [5, 5.41) is 4.52. The van der Waals surface area contributed by atoms with Gasteiger partial charge in [-0.1, -0.05) is 0 Å². The molecule has 1 aliphatic rings. The first-order valence-electron chi connectivity index (χ1n) is 6.48. The summed E-state index contributed by atoms with van der Waals surface area (Å²) in [4.78, 5) is 24.5. The number of urea groups is 1. The van der Waals surface area contributed by atoms with Crippen LogP contribution >= 0.6 is 0 Å². The van der Waals surface area contributed by atoms with Crippen LogP contribution in [0.4, 0.5) is 4.79 Å². The number of sulfonamides is 1. The summed E-state index contributed by atoms with van der Waals surface area (Å²) in [5.74, 6) is -0.174. The van der Waals surface area contributed by atoms with Crippen molar-refractivity contribution in [3.63, 3.8) is 0 Å². The highest BCUT2D eigenvalue weighted by Gasteiger charge is 2.22. The van der Waals surface area contributed by atoms with Gasteiger partial charge in [0.2, 0.25) is 15.9 Å². The van der Waals surface area contributed by atoms with Crippen LogP contribution in [0.15, 0.2) is 0 Å². The smallest absolute Gasteiger partial charge is 0.321 e. The van der Waals surface area contributed by atoms with Crippen molar-refractivity contribution in [2.45, 2.75) is 12.8 Å². The molecule has 1 rings (SSSR count). The van der Waals surface area contributed by atoms with E-state index in [1.165, 1.54) is 7.05 Å². The Kier molecular flexibility index (Phi) is 6.37. The van der Waals surface area contributed by atoms with Crippen LogP contribution in [0.5, 0.6) is 0 Å². The average Bonchev–Trinajstić information content (AvgIpc) is 2.35. The fourth-order valence-electron chi connectivity index (χ4n) is 2.16. The largest absolute Gasteiger partial charge is 0.341 e. The number of hydrogen-bond donors (Lipinski definition) is 3. The highest BCUT2D eigenvalue weighted by atomic mass is 32.2. The van der Waals surface area contributed by atoms with Gasteiger partial charge in [-0.05, 0) is 25.3 Å². The van der Waals surface area contributed by atoms with Crippen molar-refractivity contribution >= 4 is 22.0 Å². The van der Waals surface area contributed by atoms with Gasteiger partial charge in [-0.15, -0.1) is 0 Å². The Morgan fingerprint density at radius 3 is 2.65 bits per heavy atom. The van der Waals surface area contributed by atoms with E-state index in [-0.39, 0.29) is 18.4 Å². The van der Waals surface area contributed by atoms with Gasteiger partial charge in [0.25, 0.3) is 0 Å². The first-order chi connectivity index (χ1) is 9.30. The summed E-state index contributed by atoms with van der Waals surface area (Å²) in [7, 11) is -1.74. The van der Waals surface area contributed by atoms with Crippen molar-refractivity contribution in [1.82, 2.24) is 20.3 Å². The van der Waals surface area contributed by atoms with Crippen molar-refractivity contribution < 1.29 is 18.0 Å². The Hall–Kier alpha value is -1.19. The zero-order chi connectivity index (χ0) is 15.2. The molecule has 1 atom stereocenters. The maximum Gasteiger partial charge on any atom is 0.321 e. The molecule has 8 nitrogen and oxygen atoms in total. The van der Waals surface area contributed by atoms with Crippen molar-refractivity contribution in [2.24, 2.45) is 5.92 Å². The summed E-state index contributed by atoms with van der Waals surface area (Å²) in [6.07, 6.45) is 2.96. The van der Waals surface area contributed by atoms with Crippen LogP contribution in [0.2, 0.25) is 0 Å². The molecule has 1 saturated heterocycles. The first kappa shape index (κ1) is 16.9. The summed E-state index contributed by atoms with van der Waals surface area (Å²) in [5.41, 5.74) is 0. The molecule has 9 heteroatoms. The lowest BCUT2D eigenvalue weighted by atomic mass is 9.98. The van der Waals surface area contributed by atoms with E-state index in [9.17, 15) is 18.0 Å². The molecule has 0 bridgehead atoms. The summed E-state index contributed by atoms with van der Waals surface area (Å²) < 4.78 is 24.6. The van der Waals surface area contributed by atoms with Crippen molar-refractivity contribution in [1.29, 1.82) is 0 Å². The number of imide groups is 1. The van der Waals surface area contributed by atoms with Crippen LogP contribution in [-0.2, 0) is 14.8 Å². The topological polar surface area (TPSA) is 108 Å². The van der Waals surface area contributed by atoms with Gasteiger partial charge in [0.15, 0.2) is 0 Å². The summed E-state index contributed by atoms with van der Waals surface area (Å²) >= 11 is 0. The molecule has 0 aromatic rings. The summed E-state index contributed by atoms with van der Waals surface area (Å²) in [6, 6.07) is -0.526. The molecular weight excluding hydrogens is 284 g/mol. The number of carbonyl (C=O) groups excluding carboxylic acids is 2. The highest BCUT2D eigenvalue weighted by Crippen LogP contribution is 2.15. The number of nitrogens with one attached hydrogen (secondary N) is 3. The molecule has 1 heterocycles. The minimum Gasteiger partial charge on any atom is -0.341 e. The van der Waals surface area contributed by atoms with Gasteiger partial charge in [0.05, 0.1) is 12.8 Å². The van der Waals surface area contributed by atoms with E-state index in [4.69, 9.17) is 0 Å². The van der Waals surface area contributed by atoms with E-state index in [1.54, 1.807) is 0 Å². The monoisotopic (exact) mass is 306 g/mol. The first-order valence-corrected chi connectivity index (χ1v) is 8.38. The Balaban J connectivity index is 2.37. The van der Waals surface area contributed by atoms with Crippen LogP contribution in [0.25, 0.3) is 0 Å². The van der Waals surface area contributed by atoms with Gasteiger partial charge in [-0.3, -0.25) is 15.0 Å². The zero-order valence-corrected chi connectivity index (χ0v) is 12.6. The van der Waals surface area contributed by atoms with Crippen molar-refractivity contribution in [3.8, 4) is 0 Å². The maximum atomic E-state index is 11.6. The molecule has 20 heavy (non-hydrogen) atoms. The Morgan fingerprint density at radius 1 is 1.35 bits per heavy atom. The maximum absolute atomic E-state index is 11.6. The number of amides is 3. The molecule has 0 spiro atoms. The Bertz CT molecular complexity index is 451. The van der Waals surface area contributed by atoms with E-state index < -0.39 is 16.1 Å². The van der Waals surface area contributed by atoms with Crippen LogP contribution in [-0.4, -0.2) is 64.7 Å². The Labute approximate surface area is 119 Å².